The van der Waals surface area contributed by atoms with Gasteiger partial charge in [-0.15, -0.1) is 11.3 Å². The molecule has 0 bridgehead atoms. The van der Waals surface area contributed by atoms with Crippen LogP contribution in [0.2, 0.25) is 0 Å². The second-order valence-electron chi connectivity index (χ2n) is 5.73. The molecule has 1 aliphatic rings. The zero-order valence-electron chi connectivity index (χ0n) is 13.3. The zero-order valence-corrected chi connectivity index (χ0v) is 14.2. The van der Waals surface area contributed by atoms with Gasteiger partial charge in [-0.25, -0.2) is 4.98 Å². The van der Waals surface area contributed by atoms with Crippen LogP contribution in [-0.4, -0.2) is 41.4 Å². The van der Waals surface area contributed by atoms with Crippen molar-refractivity contribution >= 4 is 29.1 Å². The van der Waals surface area contributed by atoms with Gasteiger partial charge in [0.1, 0.15) is 5.82 Å². The standard InChI is InChI=1S/C17H20N4OS/c1-20(2)16-12-18-11-14(19-16)15-6-3-9-21(15)17(22)8-7-13-5-4-10-23-13/h4-5,7-8,10-12,15H,3,6,9H2,1-2H3/b8-7+. The van der Waals surface area contributed by atoms with Gasteiger partial charge in [0.25, 0.3) is 0 Å². The molecule has 1 unspecified atom stereocenters. The van der Waals surface area contributed by atoms with Crippen LogP contribution in [0.3, 0.4) is 0 Å². The summed E-state index contributed by atoms with van der Waals surface area (Å²) in [4.78, 5) is 26.4. The molecule has 1 atom stereocenters. The molecule has 120 valence electrons. The van der Waals surface area contributed by atoms with Crippen molar-refractivity contribution in [1.29, 1.82) is 0 Å². The molecule has 1 fully saturated rings. The first-order chi connectivity index (χ1) is 11.1. The van der Waals surface area contributed by atoms with Crippen molar-refractivity contribution in [3.8, 4) is 0 Å². The average Bonchev–Trinajstić information content (AvgIpc) is 3.24. The van der Waals surface area contributed by atoms with Crippen molar-refractivity contribution in [2.45, 2.75) is 18.9 Å². The summed E-state index contributed by atoms with van der Waals surface area (Å²) >= 11 is 1.62. The molecule has 6 heteroatoms. The van der Waals surface area contributed by atoms with Crippen LogP contribution < -0.4 is 4.90 Å². The third-order valence-electron chi connectivity index (χ3n) is 3.91. The van der Waals surface area contributed by atoms with Crippen LogP contribution in [0.5, 0.6) is 0 Å². The molecule has 1 saturated heterocycles. The van der Waals surface area contributed by atoms with E-state index in [9.17, 15) is 4.79 Å². The Bertz CT molecular complexity index is 696. The lowest BCUT2D eigenvalue weighted by Crippen LogP contribution is -2.29. The molecular weight excluding hydrogens is 308 g/mol. The second-order valence-corrected chi connectivity index (χ2v) is 6.71. The summed E-state index contributed by atoms with van der Waals surface area (Å²) in [7, 11) is 3.88. The van der Waals surface area contributed by atoms with E-state index in [0.717, 1.165) is 35.8 Å². The first kappa shape index (κ1) is 15.7. The first-order valence-electron chi connectivity index (χ1n) is 7.66. The molecule has 0 spiro atoms. The number of thiophene rings is 1. The lowest BCUT2D eigenvalue weighted by Gasteiger charge is -2.23. The Labute approximate surface area is 140 Å². The number of anilines is 1. The fraction of sp³-hybridized carbons (Fsp3) is 0.353. The predicted octanol–water partition coefficient (Wildman–Crippen LogP) is 2.98. The largest absolute Gasteiger partial charge is 0.361 e. The number of amides is 1. The molecule has 1 amide bonds. The number of nitrogens with zero attached hydrogens (tertiary/aromatic N) is 4. The summed E-state index contributed by atoms with van der Waals surface area (Å²) in [6.45, 7) is 0.770. The minimum absolute atomic E-state index is 0.0166. The molecule has 0 aliphatic carbocycles. The van der Waals surface area contributed by atoms with Gasteiger partial charge in [-0.05, 0) is 30.4 Å². The van der Waals surface area contributed by atoms with E-state index in [1.165, 1.54) is 0 Å². The van der Waals surface area contributed by atoms with E-state index >= 15 is 0 Å². The Hall–Kier alpha value is -2.21. The van der Waals surface area contributed by atoms with E-state index in [4.69, 9.17) is 0 Å². The third kappa shape index (κ3) is 3.59. The molecule has 0 aromatic carbocycles. The second kappa shape index (κ2) is 6.91. The Balaban J connectivity index is 1.77. The van der Waals surface area contributed by atoms with E-state index in [1.807, 2.05) is 47.5 Å². The summed E-state index contributed by atoms with van der Waals surface area (Å²) in [5.74, 6) is 0.855. The maximum Gasteiger partial charge on any atom is 0.247 e. The van der Waals surface area contributed by atoms with Gasteiger partial charge in [-0.3, -0.25) is 9.78 Å². The van der Waals surface area contributed by atoms with Gasteiger partial charge in [-0.2, -0.15) is 0 Å². The topological polar surface area (TPSA) is 49.3 Å². The molecule has 0 saturated carbocycles. The highest BCUT2D eigenvalue weighted by atomic mass is 32.1. The van der Waals surface area contributed by atoms with Crippen molar-refractivity contribution in [3.05, 3.63) is 46.6 Å². The van der Waals surface area contributed by atoms with Crippen molar-refractivity contribution in [2.24, 2.45) is 0 Å². The number of likely N-dealkylation sites (tertiary alicyclic amines) is 1. The number of aromatic nitrogens is 2. The van der Waals surface area contributed by atoms with Crippen LogP contribution in [-0.2, 0) is 4.79 Å². The maximum atomic E-state index is 12.5. The summed E-state index contributed by atoms with van der Waals surface area (Å²) in [5, 5.41) is 2.01. The molecule has 23 heavy (non-hydrogen) atoms. The van der Waals surface area contributed by atoms with Gasteiger partial charge in [0.15, 0.2) is 0 Å². The van der Waals surface area contributed by atoms with Crippen LogP contribution in [0.1, 0.15) is 29.5 Å². The summed E-state index contributed by atoms with van der Waals surface area (Å²) in [5.41, 5.74) is 0.867. The van der Waals surface area contributed by atoms with Crippen LogP contribution in [0.25, 0.3) is 6.08 Å². The molecule has 5 nitrogen and oxygen atoms in total. The third-order valence-corrected chi connectivity index (χ3v) is 4.75. The zero-order chi connectivity index (χ0) is 16.2. The summed E-state index contributed by atoms with van der Waals surface area (Å²) < 4.78 is 0. The molecule has 0 N–H and O–H groups in total. The number of hydrogen-bond donors (Lipinski definition) is 0. The van der Waals surface area contributed by atoms with E-state index in [0.29, 0.717) is 0 Å². The quantitative estimate of drug-likeness (QED) is 0.810. The fourth-order valence-electron chi connectivity index (χ4n) is 2.72. The SMILES string of the molecule is CN(C)c1cncc(C2CCCN2C(=O)/C=C/c2cccs2)n1. The molecule has 3 rings (SSSR count). The van der Waals surface area contributed by atoms with Gasteiger partial charge in [0.2, 0.25) is 5.91 Å². The van der Waals surface area contributed by atoms with Crippen LogP contribution in [0, 0.1) is 0 Å². The van der Waals surface area contributed by atoms with Crippen molar-refractivity contribution < 1.29 is 4.79 Å². The minimum atomic E-state index is 0.0166. The Morgan fingerprint density at radius 3 is 3.04 bits per heavy atom. The lowest BCUT2D eigenvalue weighted by molar-refractivity contribution is -0.126. The van der Waals surface area contributed by atoms with Crippen LogP contribution in [0.15, 0.2) is 36.0 Å². The minimum Gasteiger partial charge on any atom is -0.361 e. The van der Waals surface area contributed by atoms with Crippen molar-refractivity contribution in [3.63, 3.8) is 0 Å². The van der Waals surface area contributed by atoms with Gasteiger partial charge in [0.05, 0.1) is 24.1 Å². The highest BCUT2D eigenvalue weighted by molar-refractivity contribution is 7.10. The Morgan fingerprint density at radius 2 is 2.30 bits per heavy atom. The van der Waals surface area contributed by atoms with E-state index in [-0.39, 0.29) is 11.9 Å². The Morgan fingerprint density at radius 1 is 1.43 bits per heavy atom. The smallest absolute Gasteiger partial charge is 0.247 e. The van der Waals surface area contributed by atoms with Gasteiger partial charge < -0.3 is 9.80 Å². The molecular formula is C17H20N4OS. The van der Waals surface area contributed by atoms with Crippen LogP contribution >= 0.6 is 11.3 Å². The average molecular weight is 328 g/mol. The summed E-state index contributed by atoms with van der Waals surface area (Å²) in [6, 6.07) is 4.00. The normalized spacial score (nSPS) is 17.8. The highest BCUT2D eigenvalue weighted by Crippen LogP contribution is 2.31. The number of hydrogen-bond acceptors (Lipinski definition) is 5. The monoisotopic (exact) mass is 328 g/mol. The van der Waals surface area contributed by atoms with E-state index < -0.39 is 0 Å². The molecule has 0 radical (unpaired) electrons. The van der Waals surface area contributed by atoms with E-state index in [2.05, 4.69) is 9.97 Å². The van der Waals surface area contributed by atoms with E-state index in [1.54, 1.807) is 29.8 Å². The molecule has 3 heterocycles. The highest BCUT2D eigenvalue weighted by Gasteiger charge is 2.30. The lowest BCUT2D eigenvalue weighted by atomic mass is 10.1. The first-order valence-corrected chi connectivity index (χ1v) is 8.54. The Kier molecular flexibility index (Phi) is 4.71. The van der Waals surface area contributed by atoms with Gasteiger partial charge in [0, 0.05) is 31.6 Å². The predicted molar refractivity (Wildman–Crippen MR) is 93.4 cm³/mol. The van der Waals surface area contributed by atoms with Crippen molar-refractivity contribution in [2.75, 3.05) is 25.5 Å². The summed E-state index contributed by atoms with van der Waals surface area (Å²) in [6.07, 6.45) is 8.98. The number of rotatable bonds is 4. The molecule has 2 aromatic rings. The molecule has 1 aliphatic heterocycles. The van der Waals surface area contributed by atoms with Gasteiger partial charge >= 0.3 is 0 Å². The van der Waals surface area contributed by atoms with Gasteiger partial charge in [-0.1, -0.05) is 6.07 Å². The van der Waals surface area contributed by atoms with Crippen LogP contribution in [0.4, 0.5) is 5.82 Å². The number of carbonyl (C=O) groups is 1. The number of carbonyl (C=O) groups excluding carboxylic acids is 1. The maximum absolute atomic E-state index is 12.5. The fourth-order valence-corrected chi connectivity index (χ4v) is 3.34. The molecule has 2 aromatic heterocycles. The van der Waals surface area contributed by atoms with Crippen molar-refractivity contribution in [1.82, 2.24) is 14.9 Å².